The van der Waals surface area contributed by atoms with E-state index in [0.29, 0.717) is 12.8 Å². The highest BCUT2D eigenvalue weighted by Crippen LogP contribution is 2.18. The zero-order chi connectivity index (χ0) is 10.4. The Labute approximate surface area is 83.3 Å². The van der Waals surface area contributed by atoms with E-state index >= 15 is 0 Å². The van der Waals surface area contributed by atoms with Crippen molar-refractivity contribution in [3.63, 3.8) is 0 Å². The predicted octanol–water partition coefficient (Wildman–Crippen LogP) is 1.19. The molecular weight excluding hydrogens is 180 g/mol. The van der Waals surface area contributed by atoms with Crippen molar-refractivity contribution in [1.29, 1.82) is 0 Å². The standard InChI is InChI=1S/C11H14O3/c1-14-11-5-3-2-4-9(11)6-7-10(13)8-12/h2-5,12H,6-8H2,1H3. The Hall–Kier alpha value is -1.35. The smallest absolute Gasteiger partial charge is 0.158 e. The highest BCUT2D eigenvalue weighted by atomic mass is 16.5. The average Bonchev–Trinajstić information content (AvgIpc) is 2.26. The van der Waals surface area contributed by atoms with E-state index in [1.807, 2.05) is 24.3 Å². The minimum Gasteiger partial charge on any atom is -0.496 e. The molecule has 0 unspecified atom stereocenters. The number of carbonyl (C=O) groups excluding carboxylic acids is 1. The summed E-state index contributed by atoms with van der Waals surface area (Å²) >= 11 is 0. The molecule has 0 aliphatic heterocycles. The number of rotatable bonds is 5. The Morgan fingerprint density at radius 3 is 2.79 bits per heavy atom. The third-order valence-corrected chi connectivity index (χ3v) is 2.04. The van der Waals surface area contributed by atoms with Gasteiger partial charge in [-0.2, -0.15) is 0 Å². The number of aryl methyl sites for hydroxylation is 1. The van der Waals surface area contributed by atoms with E-state index in [4.69, 9.17) is 9.84 Å². The first-order valence-electron chi connectivity index (χ1n) is 4.52. The van der Waals surface area contributed by atoms with E-state index in [0.717, 1.165) is 11.3 Å². The van der Waals surface area contributed by atoms with Gasteiger partial charge in [-0.05, 0) is 18.1 Å². The van der Waals surface area contributed by atoms with Crippen LogP contribution in [0.4, 0.5) is 0 Å². The van der Waals surface area contributed by atoms with Crippen LogP contribution in [-0.2, 0) is 11.2 Å². The molecule has 76 valence electrons. The fraction of sp³-hybridized carbons (Fsp3) is 0.364. The Morgan fingerprint density at radius 2 is 2.14 bits per heavy atom. The molecule has 0 atom stereocenters. The number of carbonyl (C=O) groups is 1. The number of Topliss-reactive ketones (excluding diaryl/α,β-unsaturated/α-hetero) is 1. The van der Waals surface area contributed by atoms with Crippen LogP contribution in [0.3, 0.4) is 0 Å². The van der Waals surface area contributed by atoms with Crippen LogP contribution in [0.25, 0.3) is 0 Å². The van der Waals surface area contributed by atoms with Crippen LogP contribution in [0, 0.1) is 0 Å². The second-order valence-corrected chi connectivity index (χ2v) is 3.01. The largest absolute Gasteiger partial charge is 0.496 e. The lowest BCUT2D eigenvalue weighted by atomic mass is 10.1. The fourth-order valence-electron chi connectivity index (χ4n) is 1.26. The van der Waals surface area contributed by atoms with E-state index in [-0.39, 0.29) is 12.4 Å². The van der Waals surface area contributed by atoms with Gasteiger partial charge in [0, 0.05) is 6.42 Å². The number of ketones is 1. The van der Waals surface area contributed by atoms with Gasteiger partial charge in [-0.3, -0.25) is 4.79 Å². The maximum absolute atomic E-state index is 10.9. The van der Waals surface area contributed by atoms with Crippen LogP contribution in [0.5, 0.6) is 5.75 Å². The SMILES string of the molecule is COc1ccccc1CCC(=O)CO. The molecule has 0 radical (unpaired) electrons. The molecule has 1 N–H and O–H groups in total. The molecule has 0 saturated heterocycles. The molecule has 3 heteroatoms. The van der Waals surface area contributed by atoms with Gasteiger partial charge in [-0.15, -0.1) is 0 Å². The minimum absolute atomic E-state index is 0.143. The zero-order valence-corrected chi connectivity index (χ0v) is 8.19. The molecule has 0 amide bonds. The molecule has 0 aliphatic carbocycles. The maximum atomic E-state index is 10.9. The van der Waals surface area contributed by atoms with Crippen LogP contribution >= 0.6 is 0 Å². The maximum Gasteiger partial charge on any atom is 0.158 e. The molecular formula is C11H14O3. The van der Waals surface area contributed by atoms with Crippen LogP contribution in [0.2, 0.25) is 0 Å². The van der Waals surface area contributed by atoms with Gasteiger partial charge in [0.25, 0.3) is 0 Å². The molecule has 0 saturated carbocycles. The number of ether oxygens (including phenoxy) is 1. The summed E-state index contributed by atoms with van der Waals surface area (Å²) in [5, 5.41) is 8.56. The zero-order valence-electron chi connectivity index (χ0n) is 8.19. The van der Waals surface area contributed by atoms with Gasteiger partial charge in [0.15, 0.2) is 5.78 Å². The second kappa shape index (κ2) is 5.40. The topological polar surface area (TPSA) is 46.5 Å². The number of aliphatic hydroxyl groups excluding tert-OH is 1. The molecule has 1 rings (SSSR count). The third kappa shape index (κ3) is 2.85. The third-order valence-electron chi connectivity index (χ3n) is 2.04. The van der Waals surface area contributed by atoms with E-state index in [1.54, 1.807) is 7.11 Å². The van der Waals surface area contributed by atoms with Crippen molar-refractivity contribution >= 4 is 5.78 Å². The van der Waals surface area contributed by atoms with E-state index in [2.05, 4.69) is 0 Å². The minimum atomic E-state index is -0.380. The van der Waals surface area contributed by atoms with Crippen molar-refractivity contribution in [2.75, 3.05) is 13.7 Å². The van der Waals surface area contributed by atoms with Gasteiger partial charge >= 0.3 is 0 Å². The Balaban J connectivity index is 2.61. The quantitative estimate of drug-likeness (QED) is 0.765. The lowest BCUT2D eigenvalue weighted by molar-refractivity contribution is -0.121. The monoisotopic (exact) mass is 194 g/mol. The Kier molecular flexibility index (Phi) is 4.13. The summed E-state index contributed by atoms with van der Waals surface area (Å²) in [7, 11) is 1.60. The predicted molar refractivity (Wildman–Crippen MR) is 53.4 cm³/mol. The van der Waals surface area contributed by atoms with E-state index in [9.17, 15) is 4.79 Å². The highest BCUT2D eigenvalue weighted by Gasteiger charge is 2.04. The summed E-state index contributed by atoms with van der Waals surface area (Å²) < 4.78 is 5.14. The van der Waals surface area contributed by atoms with Crippen LogP contribution in [0.15, 0.2) is 24.3 Å². The first kappa shape index (κ1) is 10.7. The van der Waals surface area contributed by atoms with E-state index in [1.165, 1.54) is 0 Å². The molecule has 1 aromatic carbocycles. The molecule has 0 aliphatic rings. The summed E-state index contributed by atoms with van der Waals surface area (Å²) in [5.74, 6) is 0.647. The number of benzene rings is 1. The first-order chi connectivity index (χ1) is 6.77. The number of aliphatic hydroxyl groups is 1. The molecule has 0 heterocycles. The molecule has 0 bridgehead atoms. The van der Waals surface area contributed by atoms with Gasteiger partial charge in [0.1, 0.15) is 12.4 Å². The molecule has 0 aromatic heterocycles. The summed E-state index contributed by atoms with van der Waals surface area (Å²) in [6.45, 7) is -0.380. The molecule has 0 fully saturated rings. The average molecular weight is 194 g/mol. The summed E-state index contributed by atoms with van der Waals surface area (Å²) in [5.41, 5.74) is 0.997. The van der Waals surface area contributed by atoms with Crippen molar-refractivity contribution in [2.24, 2.45) is 0 Å². The van der Waals surface area contributed by atoms with Gasteiger partial charge < -0.3 is 9.84 Å². The lowest BCUT2D eigenvalue weighted by Gasteiger charge is -2.06. The summed E-state index contributed by atoms with van der Waals surface area (Å²) in [4.78, 5) is 10.9. The van der Waals surface area contributed by atoms with Gasteiger partial charge in [0.05, 0.1) is 7.11 Å². The lowest BCUT2D eigenvalue weighted by Crippen LogP contribution is -2.05. The number of para-hydroxylation sites is 1. The Bertz CT molecular complexity index is 307. The molecule has 14 heavy (non-hydrogen) atoms. The van der Waals surface area contributed by atoms with Crippen LogP contribution in [0.1, 0.15) is 12.0 Å². The van der Waals surface area contributed by atoms with Crippen LogP contribution < -0.4 is 4.74 Å². The van der Waals surface area contributed by atoms with Crippen molar-refractivity contribution in [1.82, 2.24) is 0 Å². The van der Waals surface area contributed by atoms with Crippen LogP contribution in [-0.4, -0.2) is 24.6 Å². The Morgan fingerprint density at radius 1 is 1.43 bits per heavy atom. The number of hydrogen-bond donors (Lipinski definition) is 1. The summed E-state index contributed by atoms with van der Waals surface area (Å²) in [6, 6.07) is 7.57. The van der Waals surface area contributed by atoms with Gasteiger partial charge in [-0.25, -0.2) is 0 Å². The van der Waals surface area contributed by atoms with Crippen molar-refractivity contribution < 1.29 is 14.6 Å². The highest BCUT2D eigenvalue weighted by molar-refractivity contribution is 5.79. The fourth-order valence-corrected chi connectivity index (χ4v) is 1.26. The number of methoxy groups -OCH3 is 1. The summed E-state index contributed by atoms with van der Waals surface area (Å²) in [6.07, 6.45) is 0.972. The molecule has 3 nitrogen and oxygen atoms in total. The normalized spacial score (nSPS) is 9.86. The van der Waals surface area contributed by atoms with E-state index < -0.39 is 0 Å². The first-order valence-corrected chi connectivity index (χ1v) is 4.52. The van der Waals surface area contributed by atoms with Crippen molar-refractivity contribution in [3.05, 3.63) is 29.8 Å². The second-order valence-electron chi connectivity index (χ2n) is 3.01. The van der Waals surface area contributed by atoms with Gasteiger partial charge in [-0.1, -0.05) is 18.2 Å². The molecule has 0 spiro atoms. The van der Waals surface area contributed by atoms with Gasteiger partial charge in [0.2, 0.25) is 0 Å². The van der Waals surface area contributed by atoms with Crippen molar-refractivity contribution in [2.45, 2.75) is 12.8 Å². The number of hydrogen-bond acceptors (Lipinski definition) is 3. The molecule has 1 aromatic rings. The van der Waals surface area contributed by atoms with Crippen molar-refractivity contribution in [3.8, 4) is 5.75 Å².